The van der Waals surface area contributed by atoms with Gasteiger partial charge in [0, 0.05) is 19.3 Å². The number of nitrogens with zero attached hydrogens (tertiary/aromatic N) is 4. The Bertz CT molecular complexity index is 1280. The number of methoxy groups -OCH3 is 1. The van der Waals surface area contributed by atoms with Crippen LogP contribution in [0.3, 0.4) is 0 Å². The van der Waals surface area contributed by atoms with Crippen LogP contribution in [-0.4, -0.2) is 56.2 Å². The van der Waals surface area contributed by atoms with Crippen LogP contribution in [0.5, 0.6) is 5.75 Å². The summed E-state index contributed by atoms with van der Waals surface area (Å²) in [6.45, 7) is 0.0395. The quantitative estimate of drug-likeness (QED) is 0.127. The minimum atomic E-state index is -3.94. The average molecular weight is 556 g/mol. The third-order valence-corrected chi connectivity index (χ3v) is 5.68. The number of aromatic nitrogens is 2. The summed E-state index contributed by atoms with van der Waals surface area (Å²) < 4.78 is 53.3. The number of hydrogen-bond acceptors (Lipinski definition) is 9. The molecule has 0 amide bonds. The lowest BCUT2D eigenvalue weighted by Crippen LogP contribution is -2.28. The van der Waals surface area contributed by atoms with Gasteiger partial charge in [0.05, 0.1) is 17.3 Å². The highest BCUT2D eigenvalue weighted by atomic mass is 79.9. The largest absolute Gasteiger partial charge is 0.497 e. The number of halogens is 2. The Morgan fingerprint density at radius 3 is 2.68 bits per heavy atom. The van der Waals surface area contributed by atoms with Crippen LogP contribution in [0.4, 0.5) is 15.9 Å². The number of anilines is 1. The molecule has 0 aliphatic rings. The summed E-state index contributed by atoms with van der Waals surface area (Å²) in [7, 11) is -2.41. The minimum Gasteiger partial charge on any atom is -0.497 e. The molecule has 34 heavy (non-hydrogen) atoms. The van der Waals surface area contributed by atoms with E-state index in [-0.39, 0.29) is 34.9 Å². The van der Waals surface area contributed by atoms with Gasteiger partial charge in [0.25, 0.3) is 0 Å². The van der Waals surface area contributed by atoms with Crippen molar-refractivity contribution >= 4 is 49.7 Å². The number of rotatable bonds is 10. The molecule has 0 radical (unpaired) electrons. The van der Waals surface area contributed by atoms with Gasteiger partial charge in [-0.15, -0.1) is 0 Å². The lowest BCUT2D eigenvalue weighted by atomic mass is 10.2. The fraction of sp³-hybridized carbons (Fsp3) is 0.158. The monoisotopic (exact) mass is 555 g/mol. The standard InChI is InChI=1S/C19H19BrFN7O5S/c1-32-14-5-2-12(3-6-14)11-24-34(30,31)23-9-8-22-18-17(27-33-28-18)19(26-29)25-13-4-7-16(21)15(20)10-13/h2-7,10-11,23,29H,8-9H2,1H3,(H,22,28)(H,25,26). The molecule has 0 fully saturated rings. The van der Waals surface area contributed by atoms with Crippen molar-refractivity contribution in [3.8, 4) is 5.75 Å². The summed E-state index contributed by atoms with van der Waals surface area (Å²) in [5.41, 5.74) is 2.79. The molecule has 0 atom stereocenters. The van der Waals surface area contributed by atoms with Crippen molar-refractivity contribution in [3.05, 3.63) is 64.0 Å². The summed E-state index contributed by atoms with van der Waals surface area (Å²) in [5.74, 6) is 0.120. The topological polar surface area (TPSA) is 163 Å². The maximum Gasteiger partial charge on any atom is 0.319 e. The van der Waals surface area contributed by atoms with Crippen LogP contribution < -0.4 is 20.3 Å². The molecule has 1 heterocycles. The summed E-state index contributed by atoms with van der Waals surface area (Å²) in [5, 5.41) is 19.6. The molecule has 2 aromatic carbocycles. The van der Waals surface area contributed by atoms with E-state index in [1.807, 2.05) is 5.48 Å². The number of nitrogens with one attached hydrogen (secondary N) is 3. The predicted molar refractivity (Wildman–Crippen MR) is 126 cm³/mol. The van der Waals surface area contributed by atoms with Crippen LogP contribution in [0, 0.1) is 5.82 Å². The zero-order valence-corrected chi connectivity index (χ0v) is 20.0. The summed E-state index contributed by atoms with van der Waals surface area (Å²) in [4.78, 5) is 4.13. The highest BCUT2D eigenvalue weighted by Crippen LogP contribution is 2.23. The van der Waals surface area contributed by atoms with Gasteiger partial charge < -0.3 is 10.1 Å². The first-order chi connectivity index (χ1) is 16.3. The highest BCUT2D eigenvalue weighted by molar-refractivity contribution is 9.10. The second-order valence-electron chi connectivity index (χ2n) is 6.44. The highest BCUT2D eigenvalue weighted by Gasteiger charge is 2.17. The Kier molecular flexibility index (Phi) is 8.64. The normalized spacial score (nSPS) is 12.2. The molecular weight excluding hydrogens is 537 g/mol. The Labute approximate surface area is 202 Å². The van der Waals surface area contributed by atoms with E-state index < -0.39 is 16.0 Å². The van der Waals surface area contributed by atoms with E-state index in [9.17, 15) is 18.0 Å². The molecule has 0 unspecified atom stereocenters. The maximum atomic E-state index is 13.4. The van der Waals surface area contributed by atoms with Gasteiger partial charge in [-0.2, -0.15) is 17.5 Å². The van der Waals surface area contributed by atoms with Crippen molar-refractivity contribution in [1.82, 2.24) is 20.5 Å². The summed E-state index contributed by atoms with van der Waals surface area (Å²) >= 11 is 3.05. The van der Waals surface area contributed by atoms with Gasteiger partial charge >= 0.3 is 10.2 Å². The van der Waals surface area contributed by atoms with Crippen LogP contribution in [0.2, 0.25) is 0 Å². The number of aliphatic imine (C=N–C) groups is 1. The molecule has 12 nitrogen and oxygen atoms in total. The average Bonchev–Trinajstić information content (AvgIpc) is 3.30. The smallest absolute Gasteiger partial charge is 0.319 e. The molecule has 1 aromatic heterocycles. The first-order valence-electron chi connectivity index (χ1n) is 9.51. The lowest BCUT2D eigenvalue weighted by molar-refractivity contribution is 0.234. The van der Waals surface area contributed by atoms with E-state index in [1.165, 1.54) is 31.5 Å². The summed E-state index contributed by atoms with van der Waals surface area (Å²) in [6.07, 6.45) is 1.21. The van der Waals surface area contributed by atoms with E-state index >= 15 is 0 Å². The Morgan fingerprint density at radius 2 is 2.00 bits per heavy atom. The van der Waals surface area contributed by atoms with Crippen molar-refractivity contribution in [1.29, 1.82) is 0 Å². The van der Waals surface area contributed by atoms with Crippen LogP contribution in [0.25, 0.3) is 0 Å². The van der Waals surface area contributed by atoms with Gasteiger partial charge in [-0.1, -0.05) is 0 Å². The number of hydroxylamine groups is 1. The van der Waals surface area contributed by atoms with Crippen LogP contribution in [0.1, 0.15) is 11.3 Å². The molecule has 0 saturated carbocycles. The summed E-state index contributed by atoms with van der Waals surface area (Å²) in [6, 6.07) is 10.7. The zero-order chi connectivity index (χ0) is 24.6. The fourth-order valence-electron chi connectivity index (χ4n) is 2.49. The van der Waals surface area contributed by atoms with Crippen molar-refractivity contribution in [2.24, 2.45) is 9.39 Å². The SMILES string of the molecule is COc1ccc(C=NS(=O)(=O)NCCNc2nonc2C(=Nc2ccc(F)c(Br)c2)NO)cc1. The molecule has 4 N–H and O–H groups in total. The lowest BCUT2D eigenvalue weighted by Gasteiger charge is -2.06. The van der Waals surface area contributed by atoms with E-state index in [4.69, 9.17) is 4.74 Å². The third kappa shape index (κ3) is 7.05. The number of ether oxygens (including phenoxy) is 1. The molecule has 0 aliphatic carbocycles. The molecule has 3 rings (SSSR count). The van der Waals surface area contributed by atoms with Crippen molar-refractivity contribution in [3.63, 3.8) is 0 Å². The molecular formula is C19H19BrFN7O5S. The van der Waals surface area contributed by atoms with Gasteiger partial charge in [0.15, 0.2) is 11.5 Å². The van der Waals surface area contributed by atoms with Gasteiger partial charge in [0.2, 0.25) is 5.82 Å². The first-order valence-corrected chi connectivity index (χ1v) is 11.7. The second-order valence-corrected chi connectivity index (χ2v) is 8.74. The Balaban J connectivity index is 1.58. The van der Waals surface area contributed by atoms with Crippen LogP contribution in [0.15, 0.2) is 61.0 Å². The van der Waals surface area contributed by atoms with Gasteiger partial charge in [-0.05, 0) is 74.3 Å². The van der Waals surface area contributed by atoms with Gasteiger partial charge in [-0.3, -0.25) is 10.7 Å². The minimum absolute atomic E-state index is 0.0170. The van der Waals surface area contributed by atoms with Crippen molar-refractivity contribution < 1.29 is 27.4 Å². The van der Waals surface area contributed by atoms with Gasteiger partial charge in [-0.25, -0.2) is 14.0 Å². The predicted octanol–water partition coefficient (Wildman–Crippen LogP) is 2.40. The Morgan fingerprint density at radius 1 is 1.24 bits per heavy atom. The van der Waals surface area contributed by atoms with E-state index in [0.29, 0.717) is 17.0 Å². The molecule has 3 aromatic rings. The molecule has 0 spiro atoms. The van der Waals surface area contributed by atoms with E-state index in [2.05, 4.69) is 50.3 Å². The molecule has 15 heteroatoms. The van der Waals surface area contributed by atoms with E-state index in [0.717, 1.165) is 0 Å². The number of amidine groups is 1. The maximum absolute atomic E-state index is 13.4. The third-order valence-electron chi connectivity index (χ3n) is 4.12. The molecule has 0 saturated heterocycles. The molecule has 0 aliphatic heterocycles. The second kappa shape index (κ2) is 11.6. The van der Waals surface area contributed by atoms with Crippen LogP contribution >= 0.6 is 15.9 Å². The van der Waals surface area contributed by atoms with Crippen LogP contribution in [-0.2, 0) is 10.2 Å². The number of benzene rings is 2. The Hall–Kier alpha value is -3.40. The first kappa shape index (κ1) is 25.2. The zero-order valence-electron chi connectivity index (χ0n) is 17.6. The van der Waals surface area contributed by atoms with Crippen molar-refractivity contribution in [2.45, 2.75) is 0 Å². The molecule has 180 valence electrons. The number of hydrogen-bond donors (Lipinski definition) is 4. The van der Waals surface area contributed by atoms with Crippen molar-refractivity contribution in [2.75, 3.05) is 25.5 Å². The van der Waals surface area contributed by atoms with E-state index in [1.54, 1.807) is 24.3 Å². The van der Waals surface area contributed by atoms with Gasteiger partial charge in [0.1, 0.15) is 11.6 Å². The fourth-order valence-corrected chi connectivity index (χ4v) is 3.55. The molecule has 0 bridgehead atoms.